The van der Waals surface area contributed by atoms with E-state index in [1.165, 1.54) is 5.56 Å². The topological polar surface area (TPSA) is 20.3 Å². The third kappa shape index (κ3) is 2.31. The molecule has 0 bridgehead atoms. The number of hydrogen-bond donors (Lipinski definition) is 0. The Kier molecular flexibility index (Phi) is 3.07. The van der Waals surface area contributed by atoms with E-state index in [0.717, 1.165) is 0 Å². The summed E-state index contributed by atoms with van der Waals surface area (Å²) in [5.41, 5.74) is 1.17. The Morgan fingerprint density at radius 2 is 1.85 bits per heavy atom. The highest BCUT2D eigenvalue weighted by molar-refractivity contribution is 5.73. The van der Waals surface area contributed by atoms with Crippen molar-refractivity contribution in [3.8, 4) is 0 Å². The first kappa shape index (κ1) is 9.78. The van der Waals surface area contributed by atoms with Gasteiger partial charge in [0.15, 0.2) is 0 Å². The van der Waals surface area contributed by atoms with E-state index in [-0.39, 0.29) is 11.9 Å². The Bertz CT molecular complexity index is 281. The van der Waals surface area contributed by atoms with Crippen molar-refractivity contribution >= 4 is 5.91 Å². The molecule has 1 aromatic carbocycles. The van der Waals surface area contributed by atoms with Gasteiger partial charge in [-0.1, -0.05) is 30.3 Å². The molecule has 1 amide bonds. The van der Waals surface area contributed by atoms with Crippen LogP contribution < -0.4 is 0 Å². The van der Waals surface area contributed by atoms with Crippen molar-refractivity contribution in [2.45, 2.75) is 19.9 Å². The Morgan fingerprint density at radius 1 is 1.31 bits per heavy atom. The van der Waals surface area contributed by atoms with E-state index < -0.39 is 0 Å². The van der Waals surface area contributed by atoms with Crippen molar-refractivity contribution in [2.75, 3.05) is 7.05 Å². The van der Waals surface area contributed by atoms with Crippen LogP contribution in [-0.4, -0.2) is 17.9 Å². The lowest BCUT2D eigenvalue weighted by atomic mass is 10.1. The lowest BCUT2D eigenvalue weighted by Gasteiger charge is -2.23. The fraction of sp³-hybridized carbons (Fsp3) is 0.364. The SMILES string of the molecule is CC(=O)N(C)[C@H](C)c1ccccc1. The molecular formula is C11H15NO. The van der Waals surface area contributed by atoms with Crippen molar-refractivity contribution in [3.63, 3.8) is 0 Å². The summed E-state index contributed by atoms with van der Waals surface area (Å²) in [6.45, 7) is 3.61. The summed E-state index contributed by atoms with van der Waals surface area (Å²) >= 11 is 0. The van der Waals surface area contributed by atoms with Crippen molar-refractivity contribution in [2.24, 2.45) is 0 Å². The Hall–Kier alpha value is -1.31. The minimum Gasteiger partial charge on any atom is -0.339 e. The van der Waals surface area contributed by atoms with E-state index >= 15 is 0 Å². The number of nitrogens with zero attached hydrogens (tertiary/aromatic N) is 1. The zero-order valence-electron chi connectivity index (χ0n) is 8.32. The van der Waals surface area contributed by atoms with Crippen molar-refractivity contribution in [1.82, 2.24) is 4.90 Å². The predicted octanol–water partition coefficient (Wildman–Crippen LogP) is 2.23. The fourth-order valence-corrected chi connectivity index (χ4v) is 1.23. The van der Waals surface area contributed by atoms with Gasteiger partial charge in [-0.05, 0) is 12.5 Å². The van der Waals surface area contributed by atoms with Gasteiger partial charge in [0.05, 0.1) is 6.04 Å². The van der Waals surface area contributed by atoms with Crippen molar-refractivity contribution < 1.29 is 4.79 Å². The van der Waals surface area contributed by atoms with Gasteiger partial charge in [0, 0.05) is 14.0 Å². The second-order valence-corrected chi connectivity index (χ2v) is 3.22. The summed E-state index contributed by atoms with van der Waals surface area (Å²) < 4.78 is 0. The van der Waals surface area contributed by atoms with Crippen LogP contribution in [0.1, 0.15) is 25.5 Å². The van der Waals surface area contributed by atoms with Crippen LogP contribution in [0, 0.1) is 0 Å². The average molecular weight is 177 g/mol. The molecule has 0 saturated carbocycles. The van der Waals surface area contributed by atoms with Crippen LogP contribution in [0.15, 0.2) is 30.3 Å². The molecule has 0 unspecified atom stereocenters. The summed E-state index contributed by atoms with van der Waals surface area (Å²) in [5, 5.41) is 0. The summed E-state index contributed by atoms with van der Waals surface area (Å²) in [5.74, 6) is 0.0938. The molecular weight excluding hydrogens is 162 g/mol. The molecule has 0 radical (unpaired) electrons. The normalized spacial score (nSPS) is 12.2. The van der Waals surface area contributed by atoms with Crippen LogP contribution in [0.3, 0.4) is 0 Å². The second-order valence-electron chi connectivity index (χ2n) is 3.22. The lowest BCUT2D eigenvalue weighted by Crippen LogP contribution is -2.26. The number of benzene rings is 1. The molecule has 0 saturated heterocycles. The van der Waals surface area contributed by atoms with Crippen molar-refractivity contribution in [1.29, 1.82) is 0 Å². The average Bonchev–Trinajstić information content (AvgIpc) is 2.17. The molecule has 1 rings (SSSR count). The highest BCUT2D eigenvalue weighted by atomic mass is 16.2. The largest absolute Gasteiger partial charge is 0.339 e. The standard InChI is InChI=1S/C11H15NO/c1-9(12(3)10(2)13)11-7-5-4-6-8-11/h4-9H,1-3H3/t9-/m1/s1. The zero-order chi connectivity index (χ0) is 9.84. The third-order valence-electron chi connectivity index (χ3n) is 2.36. The molecule has 0 aliphatic rings. The van der Waals surface area contributed by atoms with E-state index in [2.05, 4.69) is 0 Å². The van der Waals surface area contributed by atoms with E-state index in [0.29, 0.717) is 0 Å². The van der Waals surface area contributed by atoms with Crippen LogP contribution in [0.2, 0.25) is 0 Å². The van der Waals surface area contributed by atoms with Gasteiger partial charge in [0.25, 0.3) is 0 Å². The van der Waals surface area contributed by atoms with Crippen molar-refractivity contribution in [3.05, 3.63) is 35.9 Å². The van der Waals surface area contributed by atoms with Crippen LogP contribution in [0.25, 0.3) is 0 Å². The predicted molar refractivity (Wildman–Crippen MR) is 53.3 cm³/mol. The molecule has 0 heterocycles. The number of carbonyl (C=O) groups excluding carboxylic acids is 1. The highest BCUT2D eigenvalue weighted by Crippen LogP contribution is 2.17. The van der Waals surface area contributed by atoms with Crippen LogP contribution in [0.4, 0.5) is 0 Å². The molecule has 1 aromatic rings. The third-order valence-corrected chi connectivity index (χ3v) is 2.36. The van der Waals surface area contributed by atoms with Crippen LogP contribution in [-0.2, 0) is 4.79 Å². The van der Waals surface area contributed by atoms with E-state index in [4.69, 9.17) is 0 Å². The minimum absolute atomic E-state index is 0.0938. The first-order valence-corrected chi connectivity index (χ1v) is 4.41. The summed E-state index contributed by atoms with van der Waals surface area (Å²) in [6, 6.07) is 10.2. The van der Waals surface area contributed by atoms with Gasteiger partial charge in [-0.2, -0.15) is 0 Å². The maximum absolute atomic E-state index is 11.1. The molecule has 2 heteroatoms. The number of carbonyl (C=O) groups is 1. The van der Waals surface area contributed by atoms with Gasteiger partial charge in [-0.3, -0.25) is 4.79 Å². The molecule has 0 N–H and O–H groups in total. The molecule has 70 valence electrons. The number of rotatable bonds is 2. The molecule has 0 spiro atoms. The monoisotopic (exact) mass is 177 g/mol. The van der Waals surface area contributed by atoms with Crippen LogP contribution >= 0.6 is 0 Å². The summed E-state index contributed by atoms with van der Waals surface area (Å²) in [6.07, 6.45) is 0. The molecule has 0 aliphatic carbocycles. The van der Waals surface area contributed by atoms with E-state index in [1.807, 2.05) is 44.3 Å². The fourth-order valence-electron chi connectivity index (χ4n) is 1.23. The molecule has 2 nitrogen and oxygen atoms in total. The maximum atomic E-state index is 11.1. The Morgan fingerprint density at radius 3 is 2.31 bits per heavy atom. The minimum atomic E-state index is 0.0938. The highest BCUT2D eigenvalue weighted by Gasteiger charge is 2.12. The van der Waals surface area contributed by atoms with E-state index in [1.54, 1.807) is 11.8 Å². The molecule has 0 aromatic heterocycles. The number of hydrogen-bond acceptors (Lipinski definition) is 1. The second kappa shape index (κ2) is 4.08. The summed E-state index contributed by atoms with van der Waals surface area (Å²) in [4.78, 5) is 12.8. The van der Waals surface area contributed by atoms with Gasteiger partial charge in [0.1, 0.15) is 0 Å². The quantitative estimate of drug-likeness (QED) is 0.678. The molecule has 0 fully saturated rings. The van der Waals surface area contributed by atoms with Gasteiger partial charge in [-0.15, -0.1) is 0 Å². The van der Waals surface area contributed by atoms with Gasteiger partial charge in [-0.25, -0.2) is 0 Å². The molecule has 13 heavy (non-hydrogen) atoms. The van der Waals surface area contributed by atoms with E-state index in [9.17, 15) is 4.79 Å². The smallest absolute Gasteiger partial charge is 0.219 e. The maximum Gasteiger partial charge on any atom is 0.219 e. The molecule has 0 aliphatic heterocycles. The first-order valence-electron chi connectivity index (χ1n) is 4.41. The molecule has 1 atom stereocenters. The van der Waals surface area contributed by atoms with Gasteiger partial charge in [0.2, 0.25) is 5.91 Å². The Balaban J connectivity index is 2.79. The lowest BCUT2D eigenvalue weighted by molar-refractivity contribution is -0.129. The first-order chi connectivity index (χ1) is 6.13. The number of amides is 1. The van der Waals surface area contributed by atoms with Gasteiger partial charge >= 0.3 is 0 Å². The zero-order valence-corrected chi connectivity index (χ0v) is 8.32. The Labute approximate surface area is 79.2 Å². The van der Waals surface area contributed by atoms with Gasteiger partial charge < -0.3 is 4.90 Å². The van der Waals surface area contributed by atoms with Crippen LogP contribution in [0.5, 0.6) is 0 Å². The summed E-state index contributed by atoms with van der Waals surface area (Å²) in [7, 11) is 1.82.